The van der Waals surface area contributed by atoms with Gasteiger partial charge in [-0.1, -0.05) is 23.3 Å². The molecular weight excluding hydrogens is 228 g/mol. The van der Waals surface area contributed by atoms with Crippen LogP contribution in [0.15, 0.2) is 52.5 Å². The van der Waals surface area contributed by atoms with Crippen LogP contribution in [-0.4, -0.2) is 4.57 Å². The zero-order valence-electron chi connectivity index (χ0n) is 9.95. The van der Waals surface area contributed by atoms with Gasteiger partial charge in [0.15, 0.2) is 0 Å². The molecule has 0 N–H and O–H groups in total. The summed E-state index contributed by atoms with van der Waals surface area (Å²) < 4.78 is 1.59. The van der Waals surface area contributed by atoms with Gasteiger partial charge in [-0.05, 0) is 35.7 Å². The van der Waals surface area contributed by atoms with Crippen molar-refractivity contribution < 1.29 is 0 Å². The molecule has 5 heteroatoms. The zero-order chi connectivity index (χ0) is 13.0. The number of hydrogen-bond donors (Lipinski definition) is 0. The average Bonchev–Trinajstić information content (AvgIpc) is 2.40. The molecule has 0 fully saturated rings. The summed E-state index contributed by atoms with van der Waals surface area (Å²) in [6, 6.07) is 10.7. The molecule has 0 radical (unpaired) electrons. The molecule has 0 aliphatic rings. The number of aromatic nitrogens is 1. The number of hydrogen-bond acceptors (Lipinski definition) is 2. The summed E-state index contributed by atoms with van der Waals surface area (Å²) in [5.41, 5.74) is 10.9. The molecule has 0 saturated heterocycles. The minimum atomic E-state index is -0.0663. The molecule has 0 aliphatic carbocycles. The molecule has 0 unspecified atom stereocenters. The molecule has 0 amide bonds. The summed E-state index contributed by atoms with van der Waals surface area (Å²) in [5, 5.41) is 3.49. The Morgan fingerprint density at radius 2 is 1.94 bits per heavy atom. The highest BCUT2D eigenvalue weighted by molar-refractivity contribution is 5.35. The first kappa shape index (κ1) is 12.0. The van der Waals surface area contributed by atoms with Crippen molar-refractivity contribution in [2.45, 2.75) is 13.5 Å². The second-order valence-corrected chi connectivity index (χ2v) is 3.97. The first-order valence-electron chi connectivity index (χ1n) is 5.50. The fourth-order valence-electron chi connectivity index (χ4n) is 1.67. The molecule has 0 aliphatic heterocycles. The molecule has 2 aromatic rings. The lowest BCUT2D eigenvalue weighted by molar-refractivity contribution is 0.969. The van der Waals surface area contributed by atoms with E-state index >= 15 is 0 Å². The minimum absolute atomic E-state index is 0.0663. The van der Waals surface area contributed by atoms with Crippen molar-refractivity contribution in [1.29, 1.82) is 0 Å². The van der Waals surface area contributed by atoms with Gasteiger partial charge in [-0.25, -0.2) is 0 Å². The highest BCUT2D eigenvalue weighted by atomic mass is 16.1. The highest BCUT2D eigenvalue weighted by Gasteiger charge is 1.99. The second-order valence-electron chi connectivity index (χ2n) is 3.97. The Morgan fingerprint density at radius 3 is 2.61 bits per heavy atom. The number of nitrogens with zero attached hydrogens (tertiary/aromatic N) is 4. The van der Waals surface area contributed by atoms with E-state index in [2.05, 4.69) is 10.0 Å². The minimum Gasteiger partial charge on any atom is -0.284 e. The summed E-state index contributed by atoms with van der Waals surface area (Å²) >= 11 is 0. The lowest BCUT2D eigenvalue weighted by Crippen LogP contribution is -2.16. The fourth-order valence-corrected chi connectivity index (χ4v) is 1.67. The Bertz CT molecular complexity index is 651. The number of azide groups is 1. The van der Waals surface area contributed by atoms with Gasteiger partial charge in [-0.15, -0.1) is 0 Å². The van der Waals surface area contributed by atoms with E-state index in [0.717, 1.165) is 16.8 Å². The van der Waals surface area contributed by atoms with Crippen LogP contribution < -0.4 is 5.56 Å². The van der Waals surface area contributed by atoms with Crippen molar-refractivity contribution in [1.82, 2.24) is 4.57 Å². The Labute approximate surface area is 104 Å². The van der Waals surface area contributed by atoms with E-state index in [1.165, 1.54) is 0 Å². The lowest BCUT2D eigenvalue weighted by atomic mass is 10.2. The monoisotopic (exact) mass is 240 g/mol. The number of benzene rings is 1. The predicted octanol–water partition coefficient (Wildman–Crippen LogP) is 2.96. The van der Waals surface area contributed by atoms with Crippen LogP contribution in [0.5, 0.6) is 0 Å². The van der Waals surface area contributed by atoms with Gasteiger partial charge in [0.1, 0.15) is 0 Å². The van der Waals surface area contributed by atoms with Gasteiger partial charge < -0.3 is 0 Å². The summed E-state index contributed by atoms with van der Waals surface area (Å²) in [5.74, 6) is 0. The molecule has 0 atom stereocenters. The largest absolute Gasteiger partial charge is 0.284 e. The van der Waals surface area contributed by atoms with Crippen LogP contribution in [-0.2, 0) is 6.54 Å². The summed E-state index contributed by atoms with van der Waals surface area (Å²) in [6.07, 6.45) is 1.80. The normalized spacial score (nSPS) is 9.83. The molecule has 1 aromatic carbocycles. The Balaban J connectivity index is 2.37. The van der Waals surface area contributed by atoms with Gasteiger partial charge in [0.25, 0.3) is 5.56 Å². The van der Waals surface area contributed by atoms with Crippen LogP contribution in [0.3, 0.4) is 0 Å². The molecule has 0 saturated carbocycles. The van der Waals surface area contributed by atoms with Crippen LogP contribution in [0.25, 0.3) is 16.1 Å². The number of aryl methyl sites for hydroxylation is 1. The van der Waals surface area contributed by atoms with Gasteiger partial charge in [-0.3, -0.25) is 9.36 Å². The van der Waals surface area contributed by atoms with Gasteiger partial charge >= 0.3 is 0 Å². The van der Waals surface area contributed by atoms with Crippen molar-refractivity contribution in [2.24, 2.45) is 5.11 Å². The van der Waals surface area contributed by atoms with Crippen LogP contribution >= 0.6 is 0 Å². The maximum Gasteiger partial charge on any atom is 0.255 e. The van der Waals surface area contributed by atoms with Gasteiger partial charge in [0.2, 0.25) is 0 Å². The van der Waals surface area contributed by atoms with Crippen LogP contribution in [0.1, 0.15) is 11.1 Å². The van der Waals surface area contributed by atoms with Crippen LogP contribution in [0.2, 0.25) is 0 Å². The van der Waals surface area contributed by atoms with Crippen LogP contribution in [0, 0.1) is 6.92 Å². The molecule has 5 nitrogen and oxygen atoms in total. The Hall–Kier alpha value is -2.52. The quantitative estimate of drug-likeness (QED) is 0.462. The second kappa shape index (κ2) is 5.21. The fraction of sp³-hybridized carbons (Fsp3) is 0.154. The van der Waals surface area contributed by atoms with Crippen molar-refractivity contribution in [3.63, 3.8) is 0 Å². The van der Waals surface area contributed by atoms with E-state index in [-0.39, 0.29) is 5.56 Å². The maximum absolute atomic E-state index is 11.7. The van der Waals surface area contributed by atoms with E-state index in [1.807, 2.05) is 31.2 Å². The molecule has 0 spiro atoms. The third kappa shape index (κ3) is 2.59. The van der Waals surface area contributed by atoms with E-state index in [9.17, 15) is 4.79 Å². The van der Waals surface area contributed by atoms with Crippen molar-refractivity contribution in [3.8, 4) is 5.69 Å². The van der Waals surface area contributed by atoms with Gasteiger partial charge in [0.05, 0.1) is 6.54 Å². The summed E-state index contributed by atoms with van der Waals surface area (Å²) in [6.45, 7) is 2.26. The molecule has 1 aromatic heterocycles. The van der Waals surface area contributed by atoms with Crippen molar-refractivity contribution in [3.05, 3.63) is 74.5 Å². The summed E-state index contributed by atoms with van der Waals surface area (Å²) in [7, 11) is 0. The van der Waals surface area contributed by atoms with Crippen molar-refractivity contribution in [2.75, 3.05) is 0 Å². The van der Waals surface area contributed by atoms with E-state index in [0.29, 0.717) is 6.54 Å². The van der Waals surface area contributed by atoms with Gasteiger partial charge in [0, 0.05) is 22.9 Å². The van der Waals surface area contributed by atoms with E-state index < -0.39 is 0 Å². The standard InChI is InChI=1S/C13H12N4O/c1-10-2-7-13(18)17(9-10)12-5-3-11(4-6-12)8-15-16-14/h2-7,9H,8H2,1H3. The van der Waals surface area contributed by atoms with Gasteiger partial charge in [-0.2, -0.15) is 0 Å². The van der Waals surface area contributed by atoms with Crippen molar-refractivity contribution >= 4 is 0 Å². The SMILES string of the molecule is Cc1ccc(=O)n(-c2ccc(CN=[N+]=[N-])cc2)c1. The number of rotatable bonds is 3. The average molecular weight is 240 g/mol. The van der Waals surface area contributed by atoms with E-state index in [1.54, 1.807) is 22.9 Å². The molecule has 90 valence electrons. The third-order valence-electron chi connectivity index (χ3n) is 2.59. The topological polar surface area (TPSA) is 70.8 Å². The Morgan fingerprint density at radius 1 is 1.22 bits per heavy atom. The number of pyridine rings is 1. The Kier molecular flexibility index (Phi) is 3.46. The molecule has 0 bridgehead atoms. The molecule has 18 heavy (non-hydrogen) atoms. The molecule has 2 rings (SSSR count). The summed E-state index contributed by atoms with van der Waals surface area (Å²) in [4.78, 5) is 14.4. The lowest BCUT2D eigenvalue weighted by Gasteiger charge is -2.07. The van der Waals surface area contributed by atoms with Crippen LogP contribution in [0.4, 0.5) is 0 Å². The zero-order valence-corrected chi connectivity index (χ0v) is 9.95. The predicted molar refractivity (Wildman–Crippen MR) is 69.6 cm³/mol. The maximum atomic E-state index is 11.7. The van der Waals surface area contributed by atoms with E-state index in [4.69, 9.17) is 5.53 Å². The smallest absolute Gasteiger partial charge is 0.255 e. The molecular formula is C13H12N4O. The first-order valence-corrected chi connectivity index (χ1v) is 5.50. The highest BCUT2D eigenvalue weighted by Crippen LogP contribution is 2.09. The molecule has 1 heterocycles. The third-order valence-corrected chi connectivity index (χ3v) is 2.59. The first-order chi connectivity index (χ1) is 8.70.